The van der Waals surface area contributed by atoms with E-state index in [1.807, 2.05) is 55.4 Å². The first-order valence-corrected chi connectivity index (χ1v) is 8.20. The third-order valence-electron chi connectivity index (χ3n) is 4.53. The lowest BCUT2D eigenvalue weighted by atomic mass is 10.0. The van der Waals surface area contributed by atoms with Crippen molar-refractivity contribution in [3.63, 3.8) is 0 Å². The number of aryl methyl sites for hydroxylation is 2. The summed E-state index contributed by atoms with van der Waals surface area (Å²) in [5, 5.41) is 0. The molecular weight excluding hydrogens is 304 g/mol. The van der Waals surface area contributed by atoms with Crippen LogP contribution in [0.2, 0.25) is 0 Å². The summed E-state index contributed by atoms with van der Waals surface area (Å²) in [6, 6.07) is -0.259. The molecule has 7 nitrogen and oxygen atoms in total. The first-order valence-electron chi connectivity index (χ1n) is 8.20. The molecule has 3 rings (SSSR count). The molecule has 24 heavy (non-hydrogen) atoms. The van der Waals surface area contributed by atoms with Gasteiger partial charge >= 0.3 is 0 Å². The van der Waals surface area contributed by atoms with Gasteiger partial charge in [0.1, 0.15) is 23.5 Å². The molecule has 7 heteroatoms. The van der Waals surface area contributed by atoms with Gasteiger partial charge in [0.2, 0.25) is 5.91 Å². The van der Waals surface area contributed by atoms with Gasteiger partial charge in [-0.2, -0.15) is 0 Å². The summed E-state index contributed by atoms with van der Waals surface area (Å²) in [6.07, 6.45) is 4.36. The fourth-order valence-electron chi connectivity index (χ4n) is 3.27. The Bertz CT molecular complexity index is 766. The average molecular weight is 328 g/mol. The Morgan fingerprint density at radius 2 is 2.04 bits per heavy atom. The van der Waals surface area contributed by atoms with Gasteiger partial charge in [-0.1, -0.05) is 0 Å². The van der Waals surface area contributed by atoms with Gasteiger partial charge in [0.25, 0.3) is 0 Å². The molecule has 2 aromatic rings. The van der Waals surface area contributed by atoms with Crippen LogP contribution in [0.1, 0.15) is 35.9 Å². The van der Waals surface area contributed by atoms with E-state index in [4.69, 9.17) is 0 Å². The number of hydrogen-bond donors (Lipinski definition) is 0. The molecule has 2 aromatic heterocycles. The Balaban J connectivity index is 1.85. The van der Waals surface area contributed by atoms with E-state index in [-0.39, 0.29) is 11.9 Å². The summed E-state index contributed by atoms with van der Waals surface area (Å²) in [6.45, 7) is 6.96. The maximum absolute atomic E-state index is 12.9. The van der Waals surface area contributed by atoms with Crippen molar-refractivity contribution >= 4 is 11.7 Å². The van der Waals surface area contributed by atoms with Crippen LogP contribution in [0.3, 0.4) is 0 Å². The quantitative estimate of drug-likeness (QED) is 0.854. The highest BCUT2D eigenvalue weighted by Gasteiger charge is 2.29. The highest BCUT2D eigenvalue weighted by Crippen LogP contribution is 2.26. The van der Waals surface area contributed by atoms with Crippen LogP contribution in [-0.4, -0.2) is 51.0 Å². The highest BCUT2D eigenvalue weighted by atomic mass is 16.2. The van der Waals surface area contributed by atoms with Gasteiger partial charge in [0.15, 0.2) is 0 Å². The zero-order valence-corrected chi connectivity index (χ0v) is 14.9. The number of carbonyl (C=O) groups excluding carboxylic acids is 1. The number of aromatic nitrogens is 4. The summed E-state index contributed by atoms with van der Waals surface area (Å²) >= 11 is 0. The fraction of sp³-hybridized carbons (Fsp3) is 0.529. The SMILES string of the molecule is Cc1nc2c(c(N(C)C)n1)CCN(C(=O)[C@@H](C)n1ccnc1C)C2. The predicted octanol–water partition coefficient (Wildman–Crippen LogP) is 1.50. The van der Waals surface area contributed by atoms with Crippen molar-refractivity contribution in [2.75, 3.05) is 25.5 Å². The first kappa shape index (κ1) is 16.4. The third-order valence-corrected chi connectivity index (χ3v) is 4.53. The van der Waals surface area contributed by atoms with Gasteiger partial charge in [0, 0.05) is 38.6 Å². The molecule has 1 amide bonds. The fourth-order valence-corrected chi connectivity index (χ4v) is 3.27. The maximum Gasteiger partial charge on any atom is 0.245 e. The van der Waals surface area contributed by atoms with Crippen molar-refractivity contribution in [2.24, 2.45) is 0 Å². The molecule has 0 fully saturated rings. The molecule has 1 atom stereocenters. The molecule has 0 aromatic carbocycles. The van der Waals surface area contributed by atoms with Crippen molar-refractivity contribution in [3.05, 3.63) is 35.3 Å². The summed E-state index contributed by atoms with van der Waals surface area (Å²) in [5.74, 6) is 2.65. The second kappa shape index (κ2) is 6.22. The molecule has 0 bridgehead atoms. The van der Waals surface area contributed by atoms with E-state index in [1.54, 1.807) is 6.20 Å². The van der Waals surface area contributed by atoms with E-state index in [0.717, 1.165) is 35.1 Å². The molecule has 0 unspecified atom stereocenters. The van der Waals surface area contributed by atoms with Gasteiger partial charge in [0.05, 0.1) is 12.2 Å². The van der Waals surface area contributed by atoms with Crippen LogP contribution in [0.4, 0.5) is 5.82 Å². The van der Waals surface area contributed by atoms with Crippen LogP contribution in [0.15, 0.2) is 12.4 Å². The molecule has 0 saturated heterocycles. The number of nitrogens with zero attached hydrogens (tertiary/aromatic N) is 6. The van der Waals surface area contributed by atoms with E-state index in [1.165, 1.54) is 0 Å². The van der Waals surface area contributed by atoms with Crippen LogP contribution in [0.25, 0.3) is 0 Å². The molecule has 0 saturated carbocycles. The van der Waals surface area contributed by atoms with Crippen molar-refractivity contribution in [1.29, 1.82) is 0 Å². The number of rotatable bonds is 3. The maximum atomic E-state index is 12.9. The second-order valence-corrected chi connectivity index (χ2v) is 6.48. The summed E-state index contributed by atoms with van der Waals surface area (Å²) in [5.41, 5.74) is 2.11. The second-order valence-electron chi connectivity index (χ2n) is 6.48. The van der Waals surface area contributed by atoms with Crippen molar-refractivity contribution in [2.45, 2.75) is 39.8 Å². The van der Waals surface area contributed by atoms with E-state index in [2.05, 4.69) is 15.0 Å². The van der Waals surface area contributed by atoms with Crippen LogP contribution in [0.5, 0.6) is 0 Å². The van der Waals surface area contributed by atoms with E-state index >= 15 is 0 Å². The average Bonchev–Trinajstić information content (AvgIpc) is 2.97. The minimum Gasteiger partial charge on any atom is -0.362 e. The standard InChI is InChI=1S/C17H24N6O/c1-11(23-9-7-18-13(23)3)17(24)22-8-6-14-15(10-22)19-12(2)20-16(14)21(4)5/h7,9,11H,6,8,10H2,1-5H3/t11-/m1/s1. The topological polar surface area (TPSA) is 67.2 Å². The minimum atomic E-state index is -0.259. The molecule has 3 heterocycles. The van der Waals surface area contributed by atoms with E-state index in [0.29, 0.717) is 13.1 Å². The monoisotopic (exact) mass is 328 g/mol. The Morgan fingerprint density at radius 1 is 1.29 bits per heavy atom. The number of amides is 1. The summed E-state index contributed by atoms with van der Waals surface area (Å²) in [7, 11) is 3.98. The Hall–Kier alpha value is -2.44. The highest BCUT2D eigenvalue weighted by molar-refractivity contribution is 5.80. The molecule has 0 radical (unpaired) electrons. The van der Waals surface area contributed by atoms with Gasteiger partial charge < -0.3 is 14.4 Å². The lowest BCUT2D eigenvalue weighted by molar-refractivity contribution is -0.135. The summed E-state index contributed by atoms with van der Waals surface area (Å²) in [4.78, 5) is 30.1. The van der Waals surface area contributed by atoms with Crippen LogP contribution >= 0.6 is 0 Å². The van der Waals surface area contributed by atoms with Gasteiger partial charge in [-0.15, -0.1) is 0 Å². The zero-order valence-electron chi connectivity index (χ0n) is 14.9. The Labute approximate surface area is 142 Å². The molecular formula is C17H24N6O. The van der Waals surface area contributed by atoms with Crippen LogP contribution in [-0.2, 0) is 17.8 Å². The van der Waals surface area contributed by atoms with E-state index in [9.17, 15) is 4.79 Å². The number of hydrogen-bond acceptors (Lipinski definition) is 5. The molecule has 0 spiro atoms. The Morgan fingerprint density at radius 3 is 2.67 bits per heavy atom. The van der Waals surface area contributed by atoms with Gasteiger partial charge in [-0.05, 0) is 27.2 Å². The zero-order chi connectivity index (χ0) is 17.4. The number of fused-ring (bicyclic) bond motifs is 1. The lowest BCUT2D eigenvalue weighted by Gasteiger charge is -2.32. The number of anilines is 1. The number of carbonyl (C=O) groups is 1. The predicted molar refractivity (Wildman–Crippen MR) is 91.9 cm³/mol. The first-order chi connectivity index (χ1) is 11.4. The molecule has 1 aliphatic rings. The molecule has 128 valence electrons. The molecule has 1 aliphatic heterocycles. The number of imidazole rings is 1. The van der Waals surface area contributed by atoms with Gasteiger partial charge in [-0.25, -0.2) is 15.0 Å². The van der Waals surface area contributed by atoms with Gasteiger partial charge in [-0.3, -0.25) is 4.79 Å². The normalized spacial score (nSPS) is 15.1. The largest absolute Gasteiger partial charge is 0.362 e. The Kier molecular flexibility index (Phi) is 4.26. The van der Waals surface area contributed by atoms with Crippen LogP contribution < -0.4 is 4.90 Å². The van der Waals surface area contributed by atoms with E-state index < -0.39 is 0 Å². The third kappa shape index (κ3) is 2.86. The van der Waals surface area contributed by atoms with Crippen molar-refractivity contribution in [3.8, 4) is 0 Å². The smallest absolute Gasteiger partial charge is 0.245 e. The van der Waals surface area contributed by atoms with Crippen molar-refractivity contribution in [1.82, 2.24) is 24.4 Å². The molecule has 0 N–H and O–H groups in total. The van der Waals surface area contributed by atoms with Crippen LogP contribution in [0, 0.1) is 13.8 Å². The summed E-state index contributed by atoms with van der Waals surface area (Å²) < 4.78 is 1.91. The lowest BCUT2D eigenvalue weighted by Crippen LogP contribution is -2.41. The van der Waals surface area contributed by atoms with Crippen molar-refractivity contribution < 1.29 is 4.79 Å². The molecule has 0 aliphatic carbocycles. The minimum absolute atomic E-state index is 0.101.